The van der Waals surface area contributed by atoms with Crippen molar-refractivity contribution in [1.82, 2.24) is 15.0 Å². The number of aromatic nitrogens is 3. The van der Waals surface area contributed by atoms with Crippen LogP contribution in [0.4, 0.5) is 0 Å². The van der Waals surface area contributed by atoms with Crippen LogP contribution in [0.1, 0.15) is 25.0 Å². The van der Waals surface area contributed by atoms with Crippen molar-refractivity contribution in [2.75, 3.05) is 0 Å². The fourth-order valence-corrected chi connectivity index (χ4v) is 8.31. The SMILES string of the molecule is CC1(C)c2cc3ccccc3cc2-c2c(-c3cc(-c4ccc(-c5cccc(-c6ccncc6)c5)c5ccccc45)nc(-c4ccccc4)n3)cccc21. The molecule has 250 valence electrons. The Balaban J connectivity index is 1.18. The van der Waals surface area contributed by atoms with Crippen LogP contribution in [0.25, 0.3) is 88.8 Å². The molecule has 0 aliphatic heterocycles. The van der Waals surface area contributed by atoms with Gasteiger partial charge in [0.2, 0.25) is 0 Å². The monoisotopic (exact) mass is 677 g/mol. The van der Waals surface area contributed by atoms with E-state index < -0.39 is 0 Å². The van der Waals surface area contributed by atoms with E-state index in [1.165, 1.54) is 55.1 Å². The number of pyridine rings is 1. The van der Waals surface area contributed by atoms with Gasteiger partial charge in [-0.05, 0) is 102 Å². The number of rotatable bonds is 5. The average molecular weight is 678 g/mol. The second-order valence-electron chi connectivity index (χ2n) is 14.4. The van der Waals surface area contributed by atoms with Gasteiger partial charge in [-0.3, -0.25) is 4.98 Å². The van der Waals surface area contributed by atoms with Crippen molar-refractivity contribution >= 4 is 21.5 Å². The van der Waals surface area contributed by atoms with Crippen LogP contribution >= 0.6 is 0 Å². The lowest BCUT2D eigenvalue weighted by molar-refractivity contribution is 0.661. The van der Waals surface area contributed by atoms with E-state index in [0.29, 0.717) is 5.82 Å². The van der Waals surface area contributed by atoms with Gasteiger partial charge in [0, 0.05) is 34.5 Å². The number of nitrogens with zero attached hydrogens (tertiary/aromatic N) is 3. The Hall–Kier alpha value is -6.71. The minimum atomic E-state index is -0.149. The van der Waals surface area contributed by atoms with Crippen molar-refractivity contribution in [1.29, 1.82) is 0 Å². The lowest BCUT2D eigenvalue weighted by Crippen LogP contribution is -2.14. The maximum Gasteiger partial charge on any atom is 0.160 e. The molecule has 0 radical (unpaired) electrons. The van der Waals surface area contributed by atoms with Crippen LogP contribution in [0.2, 0.25) is 0 Å². The summed E-state index contributed by atoms with van der Waals surface area (Å²) >= 11 is 0. The third-order valence-corrected chi connectivity index (χ3v) is 11.0. The van der Waals surface area contributed by atoms with Crippen LogP contribution in [0.3, 0.4) is 0 Å². The Morgan fingerprint density at radius 2 is 1.02 bits per heavy atom. The molecule has 3 nitrogen and oxygen atoms in total. The predicted molar refractivity (Wildman–Crippen MR) is 220 cm³/mol. The minimum absolute atomic E-state index is 0.149. The van der Waals surface area contributed by atoms with Crippen LogP contribution < -0.4 is 0 Å². The van der Waals surface area contributed by atoms with Gasteiger partial charge in [-0.25, -0.2) is 9.97 Å². The van der Waals surface area contributed by atoms with Gasteiger partial charge in [-0.1, -0.05) is 141 Å². The van der Waals surface area contributed by atoms with E-state index in [1.807, 2.05) is 18.5 Å². The van der Waals surface area contributed by atoms with Crippen molar-refractivity contribution in [3.05, 3.63) is 187 Å². The van der Waals surface area contributed by atoms with E-state index >= 15 is 0 Å². The Kier molecular flexibility index (Phi) is 7.16. The molecule has 0 N–H and O–H groups in total. The summed E-state index contributed by atoms with van der Waals surface area (Å²) in [4.78, 5) is 14.8. The molecule has 0 saturated heterocycles. The molecule has 1 aliphatic carbocycles. The third kappa shape index (κ3) is 5.16. The van der Waals surface area contributed by atoms with Crippen LogP contribution in [0.15, 0.2) is 176 Å². The Morgan fingerprint density at radius 1 is 0.396 bits per heavy atom. The van der Waals surface area contributed by atoms with Gasteiger partial charge in [0.25, 0.3) is 0 Å². The van der Waals surface area contributed by atoms with Crippen molar-refractivity contribution in [2.24, 2.45) is 0 Å². The molecule has 10 rings (SSSR count). The maximum absolute atomic E-state index is 5.33. The molecule has 0 amide bonds. The van der Waals surface area contributed by atoms with Crippen molar-refractivity contribution in [3.8, 4) is 67.3 Å². The smallest absolute Gasteiger partial charge is 0.160 e. The van der Waals surface area contributed by atoms with Crippen LogP contribution in [-0.4, -0.2) is 15.0 Å². The Labute approximate surface area is 309 Å². The molecule has 1 aliphatic rings. The van der Waals surface area contributed by atoms with Gasteiger partial charge >= 0.3 is 0 Å². The first kappa shape index (κ1) is 31.1. The van der Waals surface area contributed by atoms with Crippen molar-refractivity contribution in [2.45, 2.75) is 19.3 Å². The highest BCUT2D eigenvalue weighted by molar-refractivity contribution is 6.05. The zero-order valence-corrected chi connectivity index (χ0v) is 29.6. The lowest BCUT2D eigenvalue weighted by Gasteiger charge is -2.22. The first-order valence-corrected chi connectivity index (χ1v) is 18.2. The van der Waals surface area contributed by atoms with Crippen LogP contribution in [0, 0.1) is 0 Å². The molecular weight excluding hydrogens is 643 g/mol. The van der Waals surface area contributed by atoms with Gasteiger partial charge < -0.3 is 0 Å². The van der Waals surface area contributed by atoms with E-state index in [0.717, 1.165) is 39.0 Å². The fourth-order valence-electron chi connectivity index (χ4n) is 8.31. The van der Waals surface area contributed by atoms with E-state index in [-0.39, 0.29) is 5.41 Å². The summed E-state index contributed by atoms with van der Waals surface area (Å²) in [5, 5.41) is 4.85. The first-order valence-electron chi connectivity index (χ1n) is 18.2. The molecule has 53 heavy (non-hydrogen) atoms. The molecule has 2 aromatic heterocycles. The molecular formula is C50H35N3. The highest BCUT2D eigenvalue weighted by Gasteiger charge is 2.37. The number of fused-ring (bicyclic) bond motifs is 5. The second kappa shape index (κ2) is 12.2. The lowest BCUT2D eigenvalue weighted by atomic mass is 9.81. The fraction of sp³-hybridized carbons (Fsp3) is 0.0600. The molecule has 0 atom stereocenters. The van der Waals surface area contributed by atoms with Crippen molar-refractivity contribution in [3.63, 3.8) is 0 Å². The van der Waals surface area contributed by atoms with E-state index in [4.69, 9.17) is 9.97 Å². The molecule has 9 aromatic rings. The molecule has 2 heterocycles. The Bertz CT molecular complexity index is 2860. The summed E-state index contributed by atoms with van der Waals surface area (Å²) in [6, 6.07) is 58.7. The molecule has 0 fully saturated rings. The zero-order chi connectivity index (χ0) is 35.5. The predicted octanol–water partition coefficient (Wildman–Crippen LogP) is 12.8. The average Bonchev–Trinajstić information content (AvgIpc) is 3.45. The first-order chi connectivity index (χ1) is 26.0. The van der Waals surface area contributed by atoms with Gasteiger partial charge in [0.15, 0.2) is 5.82 Å². The third-order valence-electron chi connectivity index (χ3n) is 11.0. The number of hydrogen-bond acceptors (Lipinski definition) is 3. The van der Waals surface area contributed by atoms with Gasteiger partial charge in [-0.15, -0.1) is 0 Å². The molecule has 3 heteroatoms. The Morgan fingerprint density at radius 3 is 1.81 bits per heavy atom. The van der Waals surface area contributed by atoms with Crippen LogP contribution in [-0.2, 0) is 5.41 Å². The van der Waals surface area contributed by atoms with Gasteiger partial charge in [0.05, 0.1) is 11.4 Å². The summed E-state index contributed by atoms with van der Waals surface area (Å²) in [7, 11) is 0. The minimum Gasteiger partial charge on any atom is -0.265 e. The molecule has 7 aromatic carbocycles. The quantitative estimate of drug-likeness (QED) is 0.182. The molecule has 0 saturated carbocycles. The van der Waals surface area contributed by atoms with Gasteiger partial charge in [0.1, 0.15) is 0 Å². The van der Waals surface area contributed by atoms with E-state index in [1.54, 1.807) is 0 Å². The maximum atomic E-state index is 5.33. The molecule has 0 unspecified atom stereocenters. The highest BCUT2D eigenvalue weighted by atomic mass is 14.9. The summed E-state index contributed by atoms with van der Waals surface area (Å²) in [5.41, 5.74) is 14.7. The molecule has 0 spiro atoms. The largest absolute Gasteiger partial charge is 0.265 e. The second-order valence-corrected chi connectivity index (χ2v) is 14.4. The standard InChI is InChI=1S/C50H35N3/c1-50(2)44-21-11-20-42(48(44)43-29-35-14-6-7-15-36(35)30-45(43)50)47-31-46(52-49(53-47)33-12-4-3-5-13-33)41-23-22-38(39-18-8-9-19-40(39)41)37-17-10-16-34(28-37)32-24-26-51-27-25-32/h3-31H,1-2H3. The zero-order valence-electron chi connectivity index (χ0n) is 29.6. The van der Waals surface area contributed by atoms with E-state index in [2.05, 4.69) is 177 Å². The number of benzene rings is 7. The summed E-state index contributed by atoms with van der Waals surface area (Å²) < 4.78 is 0. The van der Waals surface area contributed by atoms with Crippen molar-refractivity contribution < 1.29 is 0 Å². The van der Waals surface area contributed by atoms with Crippen LogP contribution in [0.5, 0.6) is 0 Å². The topological polar surface area (TPSA) is 38.7 Å². The van der Waals surface area contributed by atoms with Gasteiger partial charge in [-0.2, -0.15) is 0 Å². The normalized spacial score (nSPS) is 12.9. The van der Waals surface area contributed by atoms with E-state index in [9.17, 15) is 0 Å². The number of hydrogen-bond donors (Lipinski definition) is 0. The summed E-state index contributed by atoms with van der Waals surface area (Å²) in [5.74, 6) is 0.713. The molecule has 0 bridgehead atoms. The highest BCUT2D eigenvalue weighted by Crippen LogP contribution is 2.53. The summed E-state index contributed by atoms with van der Waals surface area (Å²) in [6.07, 6.45) is 3.69. The summed E-state index contributed by atoms with van der Waals surface area (Å²) in [6.45, 7) is 4.69.